The molecule has 3 aromatic rings. The first kappa shape index (κ1) is 29.6. The minimum atomic E-state index is -3.07. The number of amides is 1. The SMILES string of the molecule is O=C(O[C@@H](Cc1c(Cl)c[n+]([O-])cc1Cl)c1ccc(OC(F)F)c(OCC2CC2)c1)C1SCCN1C(=O)c1cncs1. The molecule has 1 aromatic carbocycles. The Morgan fingerprint density at radius 3 is 2.61 bits per heavy atom. The maximum Gasteiger partial charge on any atom is 0.387 e. The maximum atomic E-state index is 13.5. The van der Waals surface area contributed by atoms with Gasteiger partial charge in [0.15, 0.2) is 29.3 Å². The molecule has 2 atom stereocenters. The molecule has 2 aliphatic rings. The summed E-state index contributed by atoms with van der Waals surface area (Å²) in [5.41, 5.74) is 2.26. The molecule has 0 radical (unpaired) electrons. The fourth-order valence-corrected chi connectivity index (χ4v) is 6.47. The van der Waals surface area contributed by atoms with E-state index in [4.69, 9.17) is 32.7 Å². The van der Waals surface area contributed by atoms with Crippen LogP contribution in [0.5, 0.6) is 11.5 Å². The van der Waals surface area contributed by atoms with Crippen molar-refractivity contribution in [3.05, 3.63) is 73.6 Å². The maximum absolute atomic E-state index is 13.5. The Morgan fingerprint density at radius 1 is 1.20 bits per heavy atom. The predicted octanol–water partition coefficient (Wildman–Crippen LogP) is 5.52. The highest BCUT2D eigenvalue weighted by Crippen LogP contribution is 2.38. The van der Waals surface area contributed by atoms with Crippen LogP contribution in [-0.2, 0) is 16.0 Å². The number of alkyl halides is 2. The predicted molar refractivity (Wildman–Crippen MR) is 149 cm³/mol. The van der Waals surface area contributed by atoms with Gasteiger partial charge in [-0.2, -0.15) is 13.5 Å². The van der Waals surface area contributed by atoms with Crippen molar-refractivity contribution in [2.24, 2.45) is 5.92 Å². The van der Waals surface area contributed by atoms with Crippen LogP contribution in [0.1, 0.15) is 39.7 Å². The van der Waals surface area contributed by atoms with Crippen LogP contribution >= 0.6 is 46.3 Å². The minimum absolute atomic E-state index is 0.0497. The third kappa shape index (κ3) is 7.32. The summed E-state index contributed by atoms with van der Waals surface area (Å²) in [7, 11) is 0. The summed E-state index contributed by atoms with van der Waals surface area (Å²) in [5.74, 6) is -0.275. The Morgan fingerprint density at radius 2 is 1.95 bits per heavy atom. The third-order valence-electron chi connectivity index (χ3n) is 6.43. The number of benzene rings is 1. The molecule has 1 amide bonds. The van der Waals surface area contributed by atoms with Gasteiger partial charge in [-0.25, -0.2) is 4.79 Å². The zero-order chi connectivity index (χ0) is 29.1. The zero-order valence-electron chi connectivity index (χ0n) is 21.2. The molecule has 1 unspecified atom stereocenters. The number of ether oxygens (including phenoxy) is 3. The molecule has 3 heterocycles. The molecule has 1 saturated heterocycles. The van der Waals surface area contributed by atoms with Crippen LogP contribution < -0.4 is 14.2 Å². The number of aromatic nitrogens is 2. The molecule has 0 N–H and O–H groups in total. The molecule has 2 aromatic heterocycles. The van der Waals surface area contributed by atoms with Gasteiger partial charge >= 0.3 is 12.6 Å². The monoisotopic (exact) mass is 645 g/mol. The summed E-state index contributed by atoms with van der Waals surface area (Å²) in [5, 5.41) is 11.0. The number of hydrogen-bond donors (Lipinski definition) is 0. The van der Waals surface area contributed by atoms with Crippen molar-refractivity contribution in [2.45, 2.75) is 37.4 Å². The Balaban J connectivity index is 1.45. The quantitative estimate of drug-likeness (QED) is 0.153. The van der Waals surface area contributed by atoms with Crippen LogP contribution in [0.2, 0.25) is 10.0 Å². The van der Waals surface area contributed by atoms with Crippen LogP contribution in [0.25, 0.3) is 0 Å². The van der Waals surface area contributed by atoms with Gasteiger partial charge in [-0.1, -0.05) is 29.3 Å². The van der Waals surface area contributed by atoms with Gasteiger partial charge in [-0.15, -0.1) is 23.1 Å². The average molecular weight is 647 g/mol. The number of hydrogen-bond acceptors (Lipinski definition) is 9. The lowest BCUT2D eigenvalue weighted by molar-refractivity contribution is -0.605. The van der Waals surface area contributed by atoms with Gasteiger partial charge in [0.1, 0.15) is 21.0 Å². The Hall–Kier alpha value is -2.87. The van der Waals surface area contributed by atoms with E-state index >= 15 is 0 Å². The fourth-order valence-electron chi connectivity index (χ4n) is 4.20. The van der Waals surface area contributed by atoms with Gasteiger partial charge in [-0.3, -0.25) is 9.78 Å². The third-order valence-corrected chi connectivity index (χ3v) is 9.02. The summed E-state index contributed by atoms with van der Waals surface area (Å²) in [6.07, 6.45) is 4.54. The summed E-state index contributed by atoms with van der Waals surface area (Å²) >= 11 is 15.1. The Bertz CT molecular complexity index is 1390. The summed E-state index contributed by atoms with van der Waals surface area (Å²) in [6, 6.07) is 4.26. The van der Waals surface area contributed by atoms with Crippen molar-refractivity contribution in [1.29, 1.82) is 0 Å². The number of halogens is 4. The first-order chi connectivity index (χ1) is 19.7. The van der Waals surface area contributed by atoms with Crippen molar-refractivity contribution in [2.75, 3.05) is 18.9 Å². The van der Waals surface area contributed by atoms with E-state index in [1.807, 2.05) is 0 Å². The molecule has 0 bridgehead atoms. The standard InChI is InChI=1S/C26H23Cl2F2N3O6S2/c27-17-10-32(36)11-18(28)16(17)8-20(15-3-4-19(39-26(29)30)21(7-15)37-12-14-1-2-14)38-25(35)24-33(5-6-40-24)23(34)22-9-31-13-41-22/h3-4,7,9-11,13-14,20,24,26H,1-2,5-6,8,12H2/t20-,24?/m0/s1. The molecule has 2 fully saturated rings. The summed E-state index contributed by atoms with van der Waals surface area (Å²) in [6.45, 7) is -2.41. The van der Waals surface area contributed by atoms with Gasteiger partial charge in [0.25, 0.3) is 5.91 Å². The van der Waals surface area contributed by atoms with E-state index in [-0.39, 0.29) is 33.9 Å². The summed E-state index contributed by atoms with van der Waals surface area (Å²) < 4.78 is 43.0. The van der Waals surface area contributed by atoms with E-state index in [0.29, 0.717) is 45.6 Å². The van der Waals surface area contributed by atoms with Gasteiger partial charge in [0, 0.05) is 24.3 Å². The second kappa shape index (κ2) is 13.0. The van der Waals surface area contributed by atoms with Gasteiger partial charge in [0.05, 0.1) is 18.3 Å². The Kier molecular flexibility index (Phi) is 9.37. The lowest BCUT2D eigenvalue weighted by Gasteiger charge is -2.26. The van der Waals surface area contributed by atoms with Crippen molar-refractivity contribution >= 4 is 58.2 Å². The number of esters is 1. The van der Waals surface area contributed by atoms with Crippen LogP contribution in [0.15, 0.2) is 42.3 Å². The molecular formula is C26H23Cl2F2N3O6S2. The van der Waals surface area contributed by atoms with Crippen LogP contribution in [0.3, 0.4) is 0 Å². The molecule has 5 rings (SSSR count). The molecule has 1 saturated carbocycles. The number of rotatable bonds is 11. The van der Waals surface area contributed by atoms with Gasteiger partial charge in [-0.05, 0) is 36.5 Å². The number of carbonyl (C=O) groups excluding carboxylic acids is 2. The molecule has 9 nitrogen and oxygen atoms in total. The largest absolute Gasteiger partial charge is 0.619 e. The van der Waals surface area contributed by atoms with E-state index in [1.165, 1.54) is 57.9 Å². The first-order valence-corrected chi connectivity index (χ1v) is 15.2. The van der Waals surface area contributed by atoms with E-state index < -0.39 is 24.1 Å². The molecule has 1 aliphatic heterocycles. The number of thioether (sulfide) groups is 1. The van der Waals surface area contributed by atoms with Crippen molar-refractivity contribution in [3.63, 3.8) is 0 Å². The van der Waals surface area contributed by atoms with Gasteiger partial charge < -0.3 is 24.3 Å². The van der Waals surface area contributed by atoms with Crippen LogP contribution in [-0.4, -0.2) is 52.7 Å². The number of nitrogens with zero attached hydrogens (tertiary/aromatic N) is 3. The molecule has 41 heavy (non-hydrogen) atoms. The van der Waals surface area contributed by atoms with E-state index in [9.17, 15) is 23.6 Å². The van der Waals surface area contributed by atoms with Crippen molar-refractivity contribution < 1.29 is 37.3 Å². The van der Waals surface area contributed by atoms with Crippen molar-refractivity contribution in [3.8, 4) is 11.5 Å². The van der Waals surface area contributed by atoms with Crippen LogP contribution in [0, 0.1) is 11.1 Å². The second-order valence-corrected chi connectivity index (χ2v) is 12.2. The number of thiazole rings is 1. The van der Waals surface area contributed by atoms with Gasteiger partial charge in [0.2, 0.25) is 0 Å². The lowest BCUT2D eigenvalue weighted by Crippen LogP contribution is -2.40. The average Bonchev–Trinajstić information content (AvgIpc) is 3.35. The normalized spacial score (nSPS) is 17.5. The van der Waals surface area contributed by atoms with Crippen molar-refractivity contribution in [1.82, 2.24) is 9.88 Å². The van der Waals surface area contributed by atoms with E-state index in [2.05, 4.69) is 9.72 Å². The topological polar surface area (TPSA) is 105 Å². The van der Waals surface area contributed by atoms with E-state index in [0.717, 1.165) is 25.2 Å². The number of carbonyl (C=O) groups is 2. The molecule has 0 spiro atoms. The molecule has 218 valence electrons. The smallest absolute Gasteiger partial charge is 0.387 e. The highest BCUT2D eigenvalue weighted by molar-refractivity contribution is 8.00. The highest BCUT2D eigenvalue weighted by Gasteiger charge is 2.38. The lowest BCUT2D eigenvalue weighted by atomic mass is 10.0. The zero-order valence-corrected chi connectivity index (χ0v) is 24.4. The second-order valence-electron chi connectivity index (χ2n) is 9.35. The highest BCUT2D eigenvalue weighted by atomic mass is 35.5. The fraction of sp³-hybridized carbons (Fsp3) is 0.385. The van der Waals surface area contributed by atoms with E-state index in [1.54, 1.807) is 0 Å². The summed E-state index contributed by atoms with van der Waals surface area (Å²) in [4.78, 5) is 32.3. The minimum Gasteiger partial charge on any atom is -0.619 e. The van der Waals surface area contributed by atoms with Crippen LogP contribution in [0.4, 0.5) is 8.78 Å². The molecular weight excluding hydrogens is 623 g/mol. The number of pyridine rings is 1. The Labute approximate surface area is 251 Å². The molecule has 1 aliphatic carbocycles. The first-order valence-electron chi connectivity index (χ1n) is 12.5. The molecule has 15 heteroatoms.